The maximum Gasteiger partial charge on any atom is 0.276 e. The Hall–Kier alpha value is -3.98. The zero-order chi connectivity index (χ0) is 25.6. The second-order valence-corrected chi connectivity index (χ2v) is 10.1. The van der Waals surface area contributed by atoms with E-state index in [2.05, 4.69) is 20.7 Å². The molecule has 3 N–H and O–H groups in total. The minimum atomic E-state index is -1.46. The summed E-state index contributed by atoms with van der Waals surface area (Å²) in [6.07, 6.45) is 3.61. The third-order valence-electron chi connectivity index (χ3n) is 5.65. The molecule has 0 radical (unpaired) electrons. The van der Waals surface area contributed by atoms with Crippen LogP contribution in [-0.4, -0.2) is 67.6 Å². The van der Waals surface area contributed by atoms with Gasteiger partial charge in [0, 0.05) is 16.7 Å². The number of fused-ring (bicyclic) bond motifs is 2. The number of carbonyl (C=O) groups excluding carboxylic acids is 3. The minimum absolute atomic E-state index is 0.146. The summed E-state index contributed by atoms with van der Waals surface area (Å²) in [5.41, 5.74) is 7.90. The lowest BCUT2D eigenvalue weighted by Crippen LogP contribution is -2.71. The smallest absolute Gasteiger partial charge is 0.276 e. The number of carbonyl (C=O) groups is 3. The molecule has 186 valence electrons. The number of nitrogens with one attached hydrogen (secondary N) is 1. The van der Waals surface area contributed by atoms with Gasteiger partial charge in [-0.15, -0.1) is 32.3 Å². The summed E-state index contributed by atoms with van der Waals surface area (Å²) in [5, 5.41) is 24.0. The van der Waals surface area contributed by atoms with Gasteiger partial charge in [-0.1, -0.05) is 5.16 Å². The number of hydrogen-bond acceptors (Lipinski definition) is 11. The molecule has 0 unspecified atom stereocenters. The van der Waals surface area contributed by atoms with Crippen molar-refractivity contribution in [2.45, 2.75) is 24.9 Å². The average molecular weight is 529 g/mol. The second kappa shape index (κ2) is 9.23. The first-order chi connectivity index (χ1) is 17.3. The van der Waals surface area contributed by atoms with Gasteiger partial charge in [-0.2, -0.15) is 0 Å². The van der Waals surface area contributed by atoms with Crippen molar-refractivity contribution >= 4 is 57.2 Å². The Morgan fingerprint density at radius 3 is 2.94 bits per heavy atom. The van der Waals surface area contributed by atoms with Crippen molar-refractivity contribution in [3.05, 3.63) is 52.4 Å². The Morgan fingerprint density at radius 2 is 2.25 bits per heavy atom. The SMILES string of the molecule is CO/N=C(\C(=O)N[C@@H]1C(=O)N2C(C(=O)[O-])=C(Cn3cc4cc(C)cc[n+]4n3)CS[C@H]12)c1csc(N)n1. The largest absolute Gasteiger partial charge is 0.543 e. The molecule has 2 aliphatic heterocycles. The van der Waals surface area contributed by atoms with E-state index in [1.807, 2.05) is 25.3 Å². The number of carboxylic acids is 1. The number of hydrogen-bond donors (Lipinski definition) is 2. The van der Waals surface area contributed by atoms with Crippen LogP contribution in [0.15, 0.2) is 46.3 Å². The van der Waals surface area contributed by atoms with Crippen LogP contribution in [0.25, 0.3) is 5.52 Å². The summed E-state index contributed by atoms with van der Waals surface area (Å²) in [6.45, 7) is 2.13. The first kappa shape index (κ1) is 23.7. The zero-order valence-corrected chi connectivity index (χ0v) is 20.7. The number of nitrogens with two attached hydrogens (primary N) is 1. The highest BCUT2D eigenvalue weighted by Gasteiger charge is 2.53. The molecule has 1 saturated heterocycles. The fourth-order valence-corrected chi connectivity index (χ4v) is 5.95. The van der Waals surface area contributed by atoms with Crippen LogP contribution in [0.2, 0.25) is 0 Å². The van der Waals surface area contributed by atoms with Gasteiger partial charge in [0.1, 0.15) is 37.0 Å². The first-order valence-electron chi connectivity index (χ1n) is 10.6. The van der Waals surface area contributed by atoms with E-state index in [0.717, 1.165) is 27.3 Å². The van der Waals surface area contributed by atoms with Crippen molar-refractivity contribution in [3.8, 4) is 0 Å². The molecular formula is C21H20N8O5S2. The number of rotatable bonds is 7. The van der Waals surface area contributed by atoms with E-state index in [0.29, 0.717) is 11.3 Å². The van der Waals surface area contributed by atoms with Crippen LogP contribution in [0.3, 0.4) is 0 Å². The van der Waals surface area contributed by atoms with Crippen molar-refractivity contribution < 1.29 is 28.8 Å². The molecule has 1 fully saturated rings. The maximum absolute atomic E-state index is 13.0. The molecule has 0 bridgehead atoms. The normalized spacial score (nSPS) is 19.8. The summed E-state index contributed by atoms with van der Waals surface area (Å²) >= 11 is 2.46. The molecule has 13 nitrogen and oxygen atoms in total. The van der Waals surface area contributed by atoms with Crippen molar-refractivity contribution in [2.75, 3.05) is 18.6 Å². The number of aromatic nitrogens is 4. The predicted octanol–water partition coefficient (Wildman–Crippen LogP) is -1.58. The minimum Gasteiger partial charge on any atom is -0.543 e. The van der Waals surface area contributed by atoms with Crippen LogP contribution >= 0.6 is 23.1 Å². The van der Waals surface area contributed by atoms with Crippen LogP contribution in [0.4, 0.5) is 5.13 Å². The van der Waals surface area contributed by atoms with Crippen LogP contribution in [0, 0.1) is 6.92 Å². The maximum atomic E-state index is 13.0. The van der Waals surface area contributed by atoms with E-state index in [4.69, 9.17) is 10.6 Å². The van der Waals surface area contributed by atoms with Crippen molar-refractivity contribution in [3.63, 3.8) is 0 Å². The lowest BCUT2D eigenvalue weighted by Gasteiger charge is -2.50. The number of β-lactam (4-membered cyclic amide) rings is 1. The number of nitrogens with zero attached hydrogens (tertiary/aromatic N) is 6. The molecule has 3 aromatic rings. The van der Waals surface area contributed by atoms with Crippen molar-refractivity contribution in [2.24, 2.45) is 5.16 Å². The number of amides is 2. The predicted molar refractivity (Wildman–Crippen MR) is 127 cm³/mol. The number of thioether (sulfide) groups is 1. The lowest BCUT2D eigenvalue weighted by atomic mass is 10.0. The second-order valence-electron chi connectivity index (χ2n) is 8.08. The van der Waals surface area contributed by atoms with E-state index in [1.165, 1.54) is 18.9 Å². The van der Waals surface area contributed by atoms with Gasteiger partial charge in [0.2, 0.25) is 0 Å². The summed E-state index contributed by atoms with van der Waals surface area (Å²) in [6, 6.07) is 2.91. The van der Waals surface area contributed by atoms with E-state index >= 15 is 0 Å². The average Bonchev–Trinajstić information content (AvgIpc) is 3.45. The number of pyridine rings is 1. The van der Waals surface area contributed by atoms with Gasteiger partial charge in [-0.25, -0.2) is 4.98 Å². The van der Waals surface area contributed by atoms with E-state index in [1.54, 1.807) is 20.8 Å². The standard InChI is InChI=1S/C21H20N8O5S2/c1-10-3-4-28-12(5-10)7-27(26-28)6-11-8-35-19-15(18(31)29(19)16(11)20(32)33)24-17(30)14(25-34-2)13-9-36-21(22)23-13/h3-5,7,9,15,19H,6,8H2,1-2H3,(H3-,22,23,24,30,32,33)/b25-14-/t15-,19-/m1/s1. The third kappa shape index (κ3) is 4.15. The highest BCUT2D eigenvalue weighted by molar-refractivity contribution is 8.00. The molecular weight excluding hydrogens is 508 g/mol. The van der Waals surface area contributed by atoms with Gasteiger partial charge in [-0.05, 0) is 24.6 Å². The molecule has 5 rings (SSSR count). The van der Waals surface area contributed by atoms with E-state index in [-0.39, 0.29) is 28.8 Å². The van der Waals surface area contributed by atoms with Gasteiger partial charge >= 0.3 is 0 Å². The van der Waals surface area contributed by atoms with E-state index < -0.39 is 29.2 Å². The molecule has 0 spiro atoms. The van der Waals surface area contributed by atoms with Crippen LogP contribution in [0.1, 0.15) is 11.3 Å². The highest BCUT2D eigenvalue weighted by atomic mass is 32.2. The number of aliphatic carboxylic acids is 1. The molecule has 3 aromatic heterocycles. The monoisotopic (exact) mass is 528 g/mol. The number of nitrogen functional groups attached to an aromatic ring is 1. The summed E-state index contributed by atoms with van der Waals surface area (Å²) in [4.78, 5) is 47.8. The van der Waals surface area contributed by atoms with Crippen LogP contribution in [-0.2, 0) is 25.8 Å². The number of aryl methyl sites for hydroxylation is 1. The van der Waals surface area contributed by atoms with Crippen molar-refractivity contribution in [1.29, 1.82) is 0 Å². The Morgan fingerprint density at radius 1 is 1.44 bits per heavy atom. The van der Waals surface area contributed by atoms with Gasteiger partial charge in [-0.3, -0.25) is 14.5 Å². The molecule has 36 heavy (non-hydrogen) atoms. The topological polar surface area (TPSA) is 172 Å². The van der Waals surface area contributed by atoms with E-state index in [9.17, 15) is 19.5 Å². The van der Waals surface area contributed by atoms with Gasteiger partial charge in [0.15, 0.2) is 22.6 Å². The number of anilines is 1. The van der Waals surface area contributed by atoms with Crippen LogP contribution in [0.5, 0.6) is 0 Å². The fourth-order valence-electron chi connectivity index (χ4n) is 4.07. The molecule has 2 amide bonds. The van der Waals surface area contributed by atoms with Gasteiger partial charge < -0.3 is 25.8 Å². The Labute approximate surface area is 212 Å². The summed E-state index contributed by atoms with van der Waals surface area (Å²) < 4.78 is 3.30. The molecule has 0 aliphatic carbocycles. The lowest BCUT2D eigenvalue weighted by molar-refractivity contribution is -0.584. The molecule has 2 aliphatic rings. The number of thiazole rings is 1. The third-order valence-corrected chi connectivity index (χ3v) is 7.67. The van der Waals surface area contributed by atoms with Gasteiger partial charge in [0.05, 0.1) is 16.9 Å². The molecule has 0 saturated carbocycles. The Balaban J connectivity index is 1.36. The van der Waals surface area contributed by atoms with Crippen LogP contribution < -0.4 is 20.7 Å². The zero-order valence-electron chi connectivity index (χ0n) is 19.1. The highest BCUT2D eigenvalue weighted by Crippen LogP contribution is 2.40. The Bertz CT molecular complexity index is 1460. The molecule has 15 heteroatoms. The number of oxime groups is 1. The van der Waals surface area contributed by atoms with Crippen molar-refractivity contribution in [1.82, 2.24) is 25.1 Å². The molecule has 5 heterocycles. The Kier molecular flexibility index (Phi) is 6.09. The quantitative estimate of drug-likeness (QED) is 0.159. The molecule has 2 atom stereocenters. The molecule has 0 aromatic carbocycles. The summed E-state index contributed by atoms with van der Waals surface area (Å²) in [7, 11) is 1.27. The van der Waals surface area contributed by atoms with Gasteiger partial charge in [0.25, 0.3) is 11.8 Å². The number of carboxylic acid groups (broad SMARTS) is 1. The summed E-state index contributed by atoms with van der Waals surface area (Å²) in [5.74, 6) is -2.41. The first-order valence-corrected chi connectivity index (χ1v) is 12.6. The fraction of sp³-hybridized carbons (Fsp3) is 0.286.